The number of pyridine rings is 1. The van der Waals surface area contributed by atoms with Crippen LogP contribution in [-0.4, -0.2) is 11.3 Å². The third kappa shape index (κ3) is 2.84. The molecule has 0 fully saturated rings. The minimum absolute atomic E-state index is 0.255. The molecule has 0 saturated carbocycles. The first-order valence-corrected chi connectivity index (χ1v) is 3.77. The number of nitrogens with two attached hydrogens (primary N) is 1. The van der Waals surface area contributed by atoms with Crippen LogP contribution >= 0.6 is 0 Å². The van der Waals surface area contributed by atoms with Crippen LogP contribution in [0, 0.1) is 0 Å². The number of ether oxygens (including phenoxy) is 1. The smallest absolute Gasteiger partial charge is 0.405 e. The fraction of sp³-hybridized carbons (Fsp3) is 0.286. The van der Waals surface area contributed by atoms with Crippen molar-refractivity contribution in [2.75, 3.05) is 5.73 Å². The molecule has 3 N–H and O–H groups in total. The molecule has 1 aromatic heterocycles. The van der Waals surface area contributed by atoms with Crippen molar-refractivity contribution in [3.05, 3.63) is 22.0 Å². The molecule has 0 amide bonds. The second kappa shape index (κ2) is 3.99. The second-order valence-corrected chi connectivity index (χ2v) is 2.67. The largest absolute Gasteiger partial charge is 0.573 e. The predicted molar refractivity (Wildman–Crippen MR) is 43.1 cm³/mol. The molecule has 9 heteroatoms. The van der Waals surface area contributed by atoms with Gasteiger partial charge in [-0.3, -0.25) is 4.79 Å². The van der Waals surface area contributed by atoms with Gasteiger partial charge in [0, 0.05) is 6.07 Å². The van der Waals surface area contributed by atoms with Crippen LogP contribution in [0.15, 0.2) is 10.9 Å². The Morgan fingerprint density at radius 2 is 1.94 bits per heavy atom. The van der Waals surface area contributed by atoms with E-state index in [1.54, 1.807) is 4.98 Å². The van der Waals surface area contributed by atoms with Crippen LogP contribution in [0.25, 0.3) is 0 Å². The first kappa shape index (κ1) is 12.3. The molecular weight excluding hydrogens is 239 g/mol. The van der Waals surface area contributed by atoms with E-state index < -0.39 is 35.5 Å². The lowest BCUT2D eigenvalue weighted by Gasteiger charge is -2.13. The summed E-state index contributed by atoms with van der Waals surface area (Å²) in [6.07, 6.45) is -8.47. The Labute approximate surface area is 84.8 Å². The summed E-state index contributed by atoms with van der Waals surface area (Å²) in [5.74, 6) is -2.16. The molecule has 16 heavy (non-hydrogen) atoms. The van der Waals surface area contributed by atoms with E-state index in [1.165, 1.54) is 0 Å². The molecule has 0 saturated heterocycles. The molecule has 1 rings (SSSR count). The number of rotatable bonds is 2. The molecule has 0 atom stereocenters. The van der Waals surface area contributed by atoms with Crippen molar-refractivity contribution in [2.45, 2.75) is 12.8 Å². The van der Waals surface area contributed by atoms with Gasteiger partial charge in [-0.1, -0.05) is 0 Å². The van der Waals surface area contributed by atoms with Gasteiger partial charge in [0.15, 0.2) is 0 Å². The van der Waals surface area contributed by atoms with Gasteiger partial charge in [0.2, 0.25) is 0 Å². The number of H-pyrrole nitrogens is 1. The van der Waals surface area contributed by atoms with Gasteiger partial charge in [-0.05, 0) is 0 Å². The van der Waals surface area contributed by atoms with Crippen molar-refractivity contribution < 1.29 is 26.7 Å². The SMILES string of the molecule is Nc1[nH]c(=O)cc(OC(F)(F)F)c1C(F)F. The summed E-state index contributed by atoms with van der Waals surface area (Å²) < 4.78 is 63.5. The van der Waals surface area contributed by atoms with Gasteiger partial charge in [0.25, 0.3) is 12.0 Å². The van der Waals surface area contributed by atoms with Crippen LogP contribution in [0.4, 0.5) is 27.8 Å². The fourth-order valence-corrected chi connectivity index (χ4v) is 1.000. The molecule has 0 aliphatic rings. The average Bonchev–Trinajstić information content (AvgIpc) is 1.96. The van der Waals surface area contributed by atoms with Crippen molar-refractivity contribution in [2.24, 2.45) is 0 Å². The molecule has 0 aliphatic heterocycles. The fourth-order valence-electron chi connectivity index (χ4n) is 1.000. The molecule has 1 heterocycles. The molecule has 4 nitrogen and oxygen atoms in total. The Bertz CT molecular complexity index is 439. The Morgan fingerprint density at radius 1 is 1.38 bits per heavy atom. The summed E-state index contributed by atoms with van der Waals surface area (Å²) >= 11 is 0. The molecule has 0 bridgehead atoms. The van der Waals surface area contributed by atoms with Crippen LogP contribution in [0.5, 0.6) is 5.75 Å². The highest BCUT2D eigenvalue weighted by atomic mass is 19.4. The lowest BCUT2D eigenvalue weighted by molar-refractivity contribution is -0.275. The second-order valence-electron chi connectivity index (χ2n) is 2.67. The molecular formula is C7H5F5N2O2. The molecule has 0 aromatic carbocycles. The topological polar surface area (TPSA) is 68.1 Å². The van der Waals surface area contributed by atoms with Gasteiger partial charge in [-0.25, -0.2) is 8.78 Å². The standard InChI is InChI=1S/C7H5F5N2O2/c8-5(9)4-2(16-7(10,11)12)1-3(15)14-6(4)13/h1,5H,(H3,13,14,15). The van der Waals surface area contributed by atoms with Gasteiger partial charge >= 0.3 is 6.36 Å². The van der Waals surface area contributed by atoms with E-state index in [-0.39, 0.29) is 6.07 Å². The van der Waals surface area contributed by atoms with E-state index in [1.807, 2.05) is 0 Å². The van der Waals surface area contributed by atoms with Gasteiger partial charge < -0.3 is 15.5 Å². The van der Waals surface area contributed by atoms with Gasteiger partial charge in [0.1, 0.15) is 17.1 Å². The lowest BCUT2D eigenvalue weighted by Crippen LogP contribution is -2.21. The van der Waals surface area contributed by atoms with Crippen LogP contribution in [0.1, 0.15) is 12.0 Å². The Morgan fingerprint density at radius 3 is 2.38 bits per heavy atom. The molecule has 0 radical (unpaired) electrons. The Balaban J connectivity index is 3.30. The van der Waals surface area contributed by atoms with Gasteiger partial charge in [-0.15, -0.1) is 13.2 Å². The predicted octanol–water partition coefficient (Wildman–Crippen LogP) is 1.79. The summed E-state index contributed by atoms with van der Waals surface area (Å²) in [7, 11) is 0. The number of alkyl halides is 5. The van der Waals surface area contributed by atoms with Crippen LogP contribution in [0.3, 0.4) is 0 Å². The number of hydrogen-bond donors (Lipinski definition) is 2. The zero-order valence-corrected chi connectivity index (χ0v) is 7.44. The summed E-state index contributed by atoms with van der Waals surface area (Å²) in [4.78, 5) is 12.5. The van der Waals surface area contributed by atoms with E-state index in [4.69, 9.17) is 5.73 Å². The molecule has 0 spiro atoms. The van der Waals surface area contributed by atoms with Crippen molar-refractivity contribution in [1.82, 2.24) is 4.98 Å². The molecule has 90 valence electrons. The van der Waals surface area contributed by atoms with E-state index >= 15 is 0 Å². The minimum atomic E-state index is -5.18. The van der Waals surface area contributed by atoms with Gasteiger partial charge in [-0.2, -0.15) is 0 Å². The van der Waals surface area contributed by atoms with Crippen LogP contribution < -0.4 is 16.0 Å². The number of halogens is 5. The third-order valence-corrected chi connectivity index (χ3v) is 1.52. The maximum Gasteiger partial charge on any atom is 0.573 e. The molecule has 1 aromatic rings. The van der Waals surface area contributed by atoms with E-state index in [0.29, 0.717) is 0 Å². The number of hydrogen-bond acceptors (Lipinski definition) is 3. The first-order valence-electron chi connectivity index (χ1n) is 3.77. The highest BCUT2D eigenvalue weighted by Crippen LogP contribution is 2.34. The summed E-state index contributed by atoms with van der Waals surface area (Å²) in [6, 6.07) is 0.255. The third-order valence-electron chi connectivity index (χ3n) is 1.52. The Hall–Kier alpha value is -1.80. The summed E-state index contributed by atoms with van der Waals surface area (Å²) in [5.41, 5.74) is 2.69. The van der Waals surface area contributed by atoms with Crippen molar-refractivity contribution in [1.29, 1.82) is 0 Å². The van der Waals surface area contributed by atoms with Crippen molar-refractivity contribution in [3.63, 3.8) is 0 Å². The molecule has 0 unspecified atom stereocenters. The number of nitrogen functional groups attached to an aromatic ring is 1. The van der Waals surface area contributed by atoms with Gasteiger partial charge in [0.05, 0.1) is 0 Å². The average molecular weight is 244 g/mol. The van der Waals surface area contributed by atoms with E-state index in [2.05, 4.69) is 4.74 Å². The zero-order valence-electron chi connectivity index (χ0n) is 7.44. The quantitative estimate of drug-likeness (QED) is 0.779. The monoisotopic (exact) mass is 244 g/mol. The van der Waals surface area contributed by atoms with Crippen molar-refractivity contribution in [3.8, 4) is 5.75 Å². The highest BCUT2D eigenvalue weighted by Gasteiger charge is 2.34. The number of aromatic amines is 1. The van der Waals surface area contributed by atoms with Crippen LogP contribution in [-0.2, 0) is 0 Å². The van der Waals surface area contributed by atoms with Crippen LogP contribution in [0.2, 0.25) is 0 Å². The number of aromatic nitrogens is 1. The molecule has 0 aliphatic carbocycles. The van der Waals surface area contributed by atoms with Crippen molar-refractivity contribution >= 4 is 5.82 Å². The maximum absolute atomic E-state index is 12.3. The van der Waals surface area contributed by atoms with E-state index in [0.717, 1.165) is 0 Å². The lowest BCUT2D eigenvalue weighted by atomic mass is 10.2. The van der Waals surface area contributed by atoms with E-state index in [9.17, 15) is 26.7 Å². The zero-order chi connectivity index (χ0) is 12.5. The minimum Gasteiger partial charge on any atom is -0.405 e. The highest BCUT2D eigenvalue weighted by molar-refractivity contribution is 5.49. The summed E-state index contributed by atoms with van der Waals surface area (Å²) in [6.45, 7) is 0. The number of anilines is 1. The number of nitrogens with one attached hydrogen (secondary N) is 1. The maximum atomic E-state index is 12.3. The first-order chi connectivity index (χ1) is 7.20. The normalized spacial score (nSPS) is 11.9. The Kier molecular flexibility index (Phi) is 3.06. The summed E-state index contributed by atoms with van der Waals surface area (Å²) in [5, 5.41) is 0.